The van der Waals surface area contributed by atoms with Crippen LogP contribution in [-0.2, 0) is 10.2 Å². The van der Waals surface area contributed by atoms with Crippen LogP contribution in [0.4, 0.5) is 5.69 Å². The van der Waals surface area contributed by atoms with E-state index < -0.39 is 0 Å². The van der Waals surface area contributed by atoms with E-state index in [0.717, 1.165) is 103 Å². The smallest absolute Gasteiger partial charge is 0.151 e. The van der Waals surface area contributed by atoms with Crippen molar-refractivity contribution in [1.29, 1.82) is 5.26 Å². The Bertz CT molecular complexity index is 1520. The van der Waals surface area contributed by atoms with Crippen LogP contribution in [0.3, 0.4) is 0 Å². The Morgan fingerprint density at radius 1 is 1.05 bits per heavy atom. The molecule has 1 saturated heterocycles. The summed E-state index contributed by atoms with van der Waals surface area (Å²) in [5.74, 6) is 0. The van der Waals surface area contributed by atoms with Gasteiger partial charge in [-0.05, 0) is 75.6 Å². The molecule has 4 aliphatic rings. The number of hydrogen-bond acceptors (Lipinski definition) is 9. The van der Waals surface area contributed by atoms with Crippen LogP contribution in [0.15, 0.2) is 36.7 Å². The largest absolute Gasteiger partial charge is 0.381 e. The molecule has 0 radical (unpaired) electrons. The Hall–Kier alpha value is -3.39. The first kappa shape index (κ1) is 23.7. The van der Waals surface area contributed by atoms with Gasteiger partial charge in [0.2, 0.25) is 0 Å². The van der Waals surface area contributed by atoms with Gasteiger partial charge in [-0.1, -0.05) is 11.3 Å². The zero-order chi connectivity index (χ0) is 25.7. The maximum Gasteiger partial charge on any atom is 0.151 e. The average Bonchev–Trinajstić information content (AvgIpc) is 3.62. The minimum absolute atomic E-state index is 0.0316. The highest BCUT2D eigenvalue weighted by molar-refractivity contribution is 7.14. The molecule has 4 aromatic heterocycles. The molecule has 0 amide bonds. The molecule has 0 unspecified atom stereocenters. The van der Waals surface area contributed by atoms with Crippen LogP contribution in [0.1, 0.15) is 61.9 Å². The number of ether oxygens (including phenoxy) is 1. The number of nitrogens with one attached hydrogen (secondary N) is 1. The van der Waals surface area contributed by atoms with Gasteiger partial charge in [0.05, 0.1) is 34.2 Å². The Balaban J connectivity index is 1.26. The molecular weight excluding hydrogens is 496 g/mol. The Morgan fingerprint density at radius 2 is 1.84 bits per heavy atom. The van der Waals surface area contributed by atoms with Crippen molar-refractivity contribution < 1.29 is 4.74 Å². The Morgan fingerprint density at radius 3 is 2.61 bits per heavy atom. The molecule has 1 aliphatic heterocycles. The van der Waals surface area contributed by atoms with Crippen molar-refractivity contribution in [3.05, 3.63) is 47.2 Å². The molecule has 2 bridgehead atoms. The van der Waals surface area contributed by atoms with Gasteiger partial charge in [-0.25, -0.2) is 4.52 Å². The molecule has 0 spiro atoms. The molecule has 38 heavy (non-hydrogen) atoms. The molecule has 3 saturated carbocycles. The highest BCUT2D eigenvalue weighted by atomic mass is 32.1. The number of pyridine rings is 1. The third-order valence-electron chi connectivity index (χ3n) is 8.79. The van der Waals surface area contributed by atoms with Gasteiger partial charge < -0.3 is 15.8 Å². The number of fused-ring (bicyclic) bond motifs is 4. The lowest BCUT2D eigenvalue weighted by Gasteiger charge is -2.50. The number of nitriles is 1. The fraction of sp³-hybridized carbons (Fsp3) is 0.464. The molecule has 10 heteroatoms. The van der Waals surface area contributed by atoms with E-state index in [9.17, 15) is 5.26 Å². The van der Waals surface area contributed by atoms with E-state index in [-0.39, 0.29) is 11.0 Å². The van der Waals surface area contributed by atoms with E-state index in [1.807, 2.05) is 28.9 Å². The molecule has 4 fully saturated rings. The number of rotatable bonds is 5. The van der Waals surface area contributed by atoms with Crippen molar-refractivity contribution >= 4 is 22.5 Å². The molecule has 9 nitrogen and oxygen atoms in total. The summed E-state index contributed by atoms with van der Waals surface area (Å²) in [5.41, 5.74) is 11.8. The Kier molecular flexibility index (Phi) is 5.69. The molecule has 5 heterocycles. The number of nitrogens with zero attached hydrogens (tertiary/aromatic N) is 6. The van der Waals surface area contributed by atoms with E-state index in [4.69, 9.17) is 20.6 Å². The number of anilines is 1. The van der Waals surface area contributed by atoms with Crippen molar-refractivity contribution in [3.8, 4) is 28.0 Å². The normalized spacial score (nSPS) is 25.5. The van der Waals surface area contributed by atoms with Crippen molar-refractivity contribution in [2.75, 3.05) is 18.5 Å². The van der Waals surface area contributed by atoms with Crippen LogP contribution in [-0.4, -0.2) is 49.6 Å². The molecule has 3 aliphatic carbocycles. The number of aromatic nitrogens is 5. The first-order valence-electron chi connectivity index (χ1n) is 13.4. The minimum atomic E-state index is 0.0316. The lowest BCUT2D eigenvalue weighted by Crippen LogP contribution is -2.53. The summed E-state index contributed by atoms with van der Waals surface area (Å²) < 4.78 is 7.42. The second-order valence-corrected chi connectivity index (χ2v) is 12.1. The van der Waals surface area contributed by atoms with Gasteiger partial charge in [0, 0.05) is 42.1 Å². The van der Waals surface area contributed by atoms with E-state index in [1.165, 1.54) is 0 Å². The third-order valence-corrected chi connectivity index (χ3v) is 9.99. The predicted molar refractivity (Wildman–Crippen MR) is 146 cm³/mol. The summed E-state index contributed by atoms with van der Waals surface area (Å²) in [4.78, 5) is 4.85. The van der Waals surface area contributed by atoms with Gasteiger partial charge in [-0.15, -0.1) is 10.2 Å². The van der Waals surface area contributed by atoms with E-state index in [2.05, 4.69) is 27.6 Å². The zero-order valence-corrected chi connectivity index (χ0v) is 22.0. The summed E-state index contributed by atoms with van der Waals surface area (Å²) in [5, 5.41) is 29.0. The summed E-state index contributed by atoms with van der Waals surface area (Å²) >= 11 is 1.71. The van der Waals surface area contributed by atoms with E-state index in [0.29, 0.717) is 11.6 Å². The lowest BCUT2D eigenvalue weighted by molar-refractivity contribution is 0.0904. The van der Waals surface area contributed by atoms with Gasteiger partial charge >= 0.3 is 0 Å². The van der Waals surface area contributed by atoms with E-state index in [1.54, 1.807) is 17.5 Å². The van der Waals surface area contributed by atoms with Crippen molar-refractivity contribution in [2.45, 2.75) is 68.4 Å². The lowest BCUT2D eigenvalue weighted by atomic mass is 9.58. The summed E-state index contributed by atoms with van der Waals surface area (Å²) in [6, 6.07) is 10.4. The molecule has 0 aromatic carbocycles. The minimum Gasteiger partial charge on any atom is -0.381 e. The third kappa shape index (κ3) is 4.06. The first-order valence-corrected chi connectivity index (χ1v) is 14.2. The molecule has 8 rings (SSSR count). The monoisotopic (exact) mass is 526 g/mol. The second-order valence-electron chi connectivity index (χ2n) is 11.1. The topological polar surface area (TPSA) is 127 Å². The predicted octanol–water partition coefficient (Wildman–Crippen LogP) is 4.68. The van der Waals surface area contributed by atoms with Crippen molar-refractivity contribution in [1.82, 2.24) is 24.8 Å². The van der Waals surface area contributed by atoms with Gasteiger partial charge in [0.15, 0.2) is 5.01 Å². The summed E-state index contributed by atoms with van der Waals surface area (Å²) in [6.07, 6.45) is 11.9. The van der Waals surface area contributed by atoms with E-state index >= 15 is 0 Å². The maximum atomic E-state index is 9.24. The molecule has 4 aromatic rings. The van der Waals surface area contributed by atoms with Crippen LogP contribution in [0.25, 0.3) is 27.5 Å². The van der Waals surface area contributed by atoms with Crippen LogP contribution in [0.2, 0.25) is 0 Å². The van der Waals surface area contributed by atoms with Crippen molar-refractivity contribution in [2.24, 2.45) is 5.73 Å². The molecule has 3 N–H and O–H groups in total. The second kappa shape index (κ2) is 9.12. The fourth-order valence-corrected chi connectivity index (χ4v) is 7.43. The number of nitrogens with two attached hydrogens (primary N) is 1. The highest BCUT2D eigenvalue weighted by Gasteiger charge is 2.49. The van der Waals surface area contributed by atoms with Crippen LogP contribution in [0.5, 0.6) is 0 Å². The first-order chi connectivity index (χ1) is 18.5. The fourth-order valence-electron chi connectivity index (χ4n) is 6.28. The van der Waals surface area contributed by atoms with Crippen LogP contribution >= 0.6 is 11.3 Å². The molecular formula is C28H30N8OS. The molecule has 194 valence electrons. The zero-order valence-electron chi connectivity index (χ0n) is 21.2. The van der Waals surface area contributed by atoms with Gasteiger partial charge in [-0.3, -0.25) is 4.98 Å². The van der Waals surface area contributed by atoms with Gasteiger partial charge in [-0.2, -0.15) is 10.4 Å². The van der Waals surface area contributed by atoms with Crippen molar-refractivity contribution in [3.63, 3.8) is 0 Å². The SMILES string of the molecule is N#Cc1cnn2c(-c3cc(NC4CCOCC4)c(-c4nnc(C56CCC(N)(CC5)CC6)s4)cn3)ccc2c1. The van der Waals surface area contributed by atoms with Gasteiger partial charge in [0.1, 0.15) is 11.1 Å². The van der Waals surface area contributed by atoms with Gasteiger partial charge in [0.25, 0.3) is 0 Å². The molecule has 0 atom stereocenters. The van der Waals surface area contributed by atoms with Crippen LogP contribution < -0.4 is 11.1 Å². The quantitative estimate of drug-likeness (QED) is 0.384. The maximum absolute atomic E-state index is 9.24. The summed E-state index contributed by atoms with van der Waals surface area (Å²) in [7, 11) is 0. The summed E-state index contributed by atoms with van der Waals surface area (Å²) in [6.45, 7) is 1.51. The standard InChI is InChI=1S/C28H30N8OS/c29-15-18-13-20-1-2-24(36(20)32-16-18)23-14-22(33-19-3-11-37-12-4-19)21(17-31-23)25-34-35-26(38-25)27-5-8-28(30,9-6-27)10-7-27/h1-2,13-14,16-17,19H,3-12,30H2,(H,31,33). The Labute approximate surface area is 225 Å². The highest BCUT2D eigenvalue weighted by Crippen LogP contribution is 2.53. The van der Waals surface area contributed by atoms with Crippen LogP contribution in [0, 0.1) is 11.3 Å². The average molecular weight is 527 g/mol. The number of hydrogen-bond donors (Lipinski definition) is 2.